The molecule has 0 amide bonds. The van der Waals surface area contributed by atoms with Gasteiger partial charge in [-0.3, -0.25) is 4.79 Å². The monoisotopic (exact) mass is 287 g/mol. The van der Waals surface area contributed by atoms with Crippen LogP contribution in [0, 0.1) is 11.8 Å². The number of carboxylic acid groups (broad SMARTS) is 1. The molecule has 0 fully saturated rings. The molecule has 1 rings (SSSR count). The number of hydrogen-bond donors (Lipinski definition) is 2. The van der Waals surface area contributed by atoms with Crippen molar-refractivity contribution in [2.45, 2.75) is 4.90 Å². The van der Waals surface area contributed by atoms with Crippen LogP contribution in [0.4, 0.5) is 0 Å². The van der Waals surface area contributed by atoms with Crippen LogP contribution in [0.1, 0.15) is 5.56 Å². The van der Waals surface area contributed by atoms with Crippen LogP contribution in [0.3, 0.4) is 0 Å². The lowest BCUT2D eigenvalue weighted by Crippen LogP contribution is -2.29. The van der Waals surface area contributed by atoms with E-state index in [1.54, 1.807) is 0 Å². The molecule has 0 bridgehead atoms. The van der Waals surface area contributed by atoms with Crippen molar-refractivity contribution in [1.29, 1.82) is 0 Å². The summed E-state index contributed by atoms with van der Waals surface area (Å²) in [7, 11) is -3.80. The Morgan fingerprint density at radius 2 is 1.94 bits per heavy atom. The highest BCUT2D eigenvalue weighted by atomic mass is 35.5. The zero-order valence-electron chi connectivity index (χ0n) is 9.18. The highest BCUT2D eigenvalue weighted by Gasteiger charge is 2.14. The van der Waals surface area contributed by atoms with E-state index < -0.39 is 22.5 Å². The van der Waals surface area contributed by atoms with Gasteiger partial charge in [0.1, 0.15) is 6.54 Å². The van der Waals surface area contributed by atoms with Gasteiger partial charge in [-0.1, -0.05) is 11.8 Å². The first-order valence-corrected chi connectivity index (χ1v) is 6.84. The van der Waals surface area contributed by atoms with E-state index >= 15 is 0 Å². The second-order valence-electron chi connectivity index (χ2n) is 3.18. The molecule has 5 nitrogen and oxygen atoms in total. The number of benzene rings is 1. The summed E-state index contributed by atoms with van der Waals surface area (Å²) in [5.41, 5.74) is 0.632. The predicted octanol–water partition coefficient (Wildman–Crippen LogP) is 0.640. The highest BCUT2D eigenvalue weighted by molar-refractivity contribution is 7.89. The number of sulfonamides is 1. The van der Waals surface area contributed by atoms with Gasteiger partial charge in [-0.25, -0.2) is 8.42 Å². The first-order valence-electron chi connectivity index (χ1n) is 4.82. The van der Waals surface area contributed by atoms with E-state index in [-0.39, 0.29) is 10.8 Å². The third-order valence-corrected chi connectivity index (χ3v) is 3.43. The zero-order chi connectivity index (χ0) is 13.6. The molecular formula is C11H10ClNO4S. The van der Waals surface area contributed by atoms with Gasteiger partial charge in [0.05, 0.1) is 10.8 Å². The van der Waals surface area contributed by atoms with Gasteiger partial charge in [0.25, 0.3) is 0 Å². The molecule has 0 aliphatic rings. The van der Waals surface area contributed by atoms with Crippen LogP contribution in [0.25, 0.3) is 0 Å². The molecule has 0 saturated carbocycles. The molecule has 0 heterocycles. The quantitative estimate of drug-likeness (QED) is 0.629. The molecule has 18 heavy (non-hydrogen) atoms. The van der Waals surface area contributed by atoms with Crippen molar-refractivity contribution in [2.24, 2.45) is 0 Å². The fraction of sp³-hybridized carbons (Fsp3) is 0.182. The van der Waals surface area contributed by atoms with Crippen molar-refractivity contribution in [3.8, 4) is 11.8 Å². The molecule has 0 spiro atoms. The van der Waals surface area contributed by atoms with Crippen molar-refractivity contribution in [1.82, 2.24) is 4.72 Å². The first-order chi connectivity index (χ1) is 8.45. The summed E-state index contributed by atoms with van der Waals surface area (Å²) in [4.78, 5) is 10.3. The molecule has 0 aromatic heterocycles. The average molecular weight is 288 g/mol. The van der Waals surface area contributed by atoms with E-state index in [0.29, 0.717) is 5.56 Å². The Kier molecular flexibility index (Phi) is 5.16. The van der Waals surface area contributed by atoms with E-state index in [0.717, 1.165) is 0 Å². The first kappa shape index (κ1) is 14.5. The van der Waals surface area contributed by atoms with E-state index in [4.69, 9.17) is 16.7 Å². The summed E-state index contributed by atoms with van der Waals surface area (Å²) in [5, 5.41) is 8.41. The molecule has 0 saturated heterocycles. The van der Waals surface area contributed by atoms with Gasteiger partial charge in [-0.05, 0) is 24.3 Å². The van der Waals surface area contributed by atoms with Gasteiger partial charge in [-0.2, -0.15) is 4.72 Å². The lowest BCUT2D eigenvalue weighted by molar-refractivity contribution is -0.135. The zero-order valence-corrected chi connectivity index (χ0v) is 10.8. The minimum absolute atomic E-state index is 0.0137. The van der Waals surface area contributed by atoms with Gasteiger partial charge in [0.2, 0.25) is 10.0 Å². The Morgan fingerprint density at radius 1 is 1.33 bits per heavy atom. The maximum atomic E-state index is 11.6. The third kappa shape index (κ3) is 4.37. The Labute approximate surface area is 110 Å². The lowest BCUT2D eigenvalue weighted by atomic mass is 10.2. The van der Waals surface area contributed by atoms with Gasteiger partial charge in [-0.15, -0.1) is 11.6 Å². The number of halogens is 1. The normalized spacial score (nSPS) is 10.5. The van der Waals surface area contributed by atoms with Crippen LogP contribution in [0.5, 0.6) is 0 Å². The van der Waals surface area contributed by atoms with E-state index in [2.05, 4.69) is 11.8 Å². The topological polar surface area (TPSA) is 83.5 Å². The van der Waals surface area contributed by atoms with Crippen LogP contribution < -0.4 is 4.72 Å². The van der Waals surface area contributed by atoms with Crippen LogP contribution in [0.2, 0.25) is 0 Å². The molecule has 0 radical (unpaired) electrons. The number of hydrogen-bond acceptors (Lipinski definition) is 3. The fourth-order valence-electron chi connectivity index (χ4n) is 1.09. The molecule has 0 unspecified atom stereocenters. The van der Waals surface area contributed by atoms with E-state index in [9.17, 15) is 13.2 Å². The summed E-state index contributed by atoms with van der Waals surface area (Å²) in [6.45, 7) is -0.657. The van der Waals surface area contributed by atoms with E-state index in [1.165, 1.54) is 24.3 Å². The van der Waals surface area contributed by atoms with Crippen LogP contribution in [-0.4, -0.2) is 31.9 Å². The molecule has 1 aromatic carbocycles. The molecular weight excluding hydrogens is 278 g/mol. The number of aliphatic carboxylic acids is 1. The third-order valence-electron chi connectivity index (χ3n) is 1.88. The summed E-state index contributed by atoms with van der Waals surface area (Å²) in [6, 6.07) is 5.74. The number of carbonyl (C=O) groups is 1. The summed E-state index contributed by atoms with van der Waals surface area (Å²) in [5.74, 6) is 4.31. The Bertz CT molecular complexity index is 584. The number of nitrogens with one attached hydrogen (secondary N) is 1. The molecule has 7 heteroatoms. The Balaban J connectivity index is 2.87. The van der Waals surface area contributed by atoms with Crippen molar-refractivity contribution < 1.29 is 18.3 Å². The molecule has 96 valence electrons. The van der Waals surface area contributed by atoms with Crippen LogP contribution in [0.15, 0.2) is 29.2 Å². The molecule has 1 aromatic rings. The smallest absolute Gasteiger partial charge is 0.318 e. The van der Waals surface area contributed by atoms with Crippen molar-refractivity contribution in [3.63, 3.8) is 0 Å². The molecule has 2 N–H and O–H groups in total. The minimum atomic E-state index is -3.80. The highest BCUT2D eigenvalue weighted by Crippen LogP contribution is 2.09. The maximum Gasteiger partial charge on any atom is 0.318 e. The number of alkyl halides is 1. The summed E-state index contributed by atoms with van der Waals surface area (Å²) < 4.78 is 25.2. The molecule has 0 atom stereocenters. The maximum absolute atomic E-state index is 11.6. The lowest BCUT2D eigenvalue weighted by Gasteiger charge is -2.04. The fourth-order valence-corrected chi connectivity index (χ4v) is 2.13. The minimum Gasteiger partial charge on any atom is -0.480 e. The standard InChI is InChI=1S/C11H10ClNO4S/c12-7-1-2-9-3-5-10(6-4-9)18(16,17)13-8-11(14)15/h3-6,13H,7-8H2,(H,14,15). The molecule has 0 aliphatic heterocycles. The Hall–Kier alpha value is -1.55. The van der Waals surface area contributed by atoms with Gasteiger partial charge in [0.15, 0.2) is 0 Å². The summed E-state index contributed by atoms with van der Waals surface area (Å²) >= 11 is 5.39. The second kappa shape index (κ2) is 6.40. The van der Waals surface area contributed by atoms with Crippen molar-refractivity contribution >= 4 is 27.6 Å². The van der Waals surface area contributed by atoms with E-state index in [1.807, 2.05) is 4.72 Å². The van der Waals surface area contributed by atoms with Crippen LogP contribution in [-0.2, 0) is 14.8 Å². The molecule has 0 aliphatic carbocycles. The summed E-state index contributed by atoms with van der Waals surface area (Å²) in [6.07, 6.45) is 0. The number of carboxylic acids is 1. The predicted molar refractivity (Wildman–Crippen MR) is 66.9 cm³/mol. The van der Waals surface area contributed by atoms with Crippen LogP contribution >= 0.6 is 11.6 Å². The number of rotatable bonds is 4. The SMILES string of the molecule is O=C(O)CNS(=O)(=O)c1ccc(C#CCCl)cc1. The van der Waals surface area contributed by atoms with Gasteiger partial charge in [0, 0.05) is 5.56 Å². The Morgan fingerprint density at radius 3 is 2.44 bits per heavy atom. The average Bonchev–Trinajstić information content (AvgIpc) is 2.34. The van der Waals surface area contributed by atoms with Gasteiger partial charge < -0.3 is 5.11 Å². The van der Waals surface area contributed by atoms with Crippen molar-refractivity contribution in [3.05, 3.63) is 29.8 Å². The largest absolute Gasteiger partial charge is 0.480 e. The van der Waals surface area contributed by atoms with Gasteiger partial charge >= 0.3 is 5.97 Å². The second-order valence-corrected chi connectivity index (χ2v) is 5.21. The van der Waals surface area contributed by atoms with Crippen molar-refractivity contribution in [2.75, 3.05) is 12.4 Å².